The highest BCUT2D eigenvalue weighted by Gasteiger charge is 2.29. The van der Waals surface area contributed by atoms with E-state index in [1.165, 1.54) is 0 Å². The molecule has 3 rings (SSSR count). The van der Waals surface area contributed by atoms with Crippen molar-refractivity contribution in [2.75, 3.05) is 26.2 Å². The zero-order valence-corrected chi connectivity index (χ0v) is 17.3. The number of hydrogen-bond donors (Lipinski definition) is 0. The van der Waals surface area contributed by atoms with E-state index < -0.39 is 10.0 Å². The van der Waals surface area contributed by atoms with Crippen LogP contribution in [0.25, 0.3) is 0 Å². The Balaban J connectivity index is 1.62. The van der Waals surface area contributed by atoms with E-state index in [0.717, 1.165) is 5.56 Å². The van der Waals surface area contributed by atoms with Crippen molar-refractivity contribution in [3.63, 3.8) is 0 Å². The summed E-state index contributed by atoms with van der Waals surface area (Å²) in [5.41, 5.74) is 1.12. The van der Waals surface area contributed by atoms with Crippen LogP contribution >= 0.6 is 0 Å². The topological polar surface area (TPSA) is 79.5 Å². The highest BCUT2D eigenvalue weighted by molar-refractivity contribution is 7.89. The van der Waals surface area contributed by atoms with E-state index in [0.29, 0.717) is 55.8 Å². The maximum Gasteiger partial charge on any atom is 0.243 e. The quantitative estimate of drug-likeness (QED) is 0.778. The Morgan fingerprint density at radius 1 is 1.00 bits per heavy atom. The van der Waals surface area contributed by atoms with Gasteiger partial charge in [-0.25, -0.2) is 8.42 Å². The molecule has 7 nitrogen and oxygen atoms in total. The molecule has 1 fully saturated rings. The number of nitrogens with zero attached hydrogens (tertiary/aromatic N) is 4. The van der Waals surface area contributed by atoms with Crippen LogP contribution in [0.5, 0.6) is 0 Å². The van der Waals surface area contributed by atoms with Gasteiger partial charge in [0.25, 0.3) is 0 Å². The van der Waals surface area contributed by atoms with Crippen molar-refractivity contribution in [2.45, 2.75) is 51.0 Å². The highest BCUT2D eigenvalue weighted by atomic mass is 32.2. The van der Waals surface area contributed by atoms with Crippen LogP contribution in [0.1, 0.15) is 45.0 Å². The minimum Gasteiger partial charge on any atom is -0.424 e. The molecule has 0 radical (unpaired) electrons. The van der Waals surface area contributed by atoms with Gasteiger partial charge in [-0.05, 0) is 23.1 Å². The van der Waals surface area contributed by atoms with E-state index in [1.807, 2.05) is 19.1 Å². The molecule has 1 aromatic heterocycles. The maximum atomic E-state index is 12.9. The molecule has 27 heavy (non-hydrogen) atoms. The number of piperazine rings is 1. The van der Waals surface area contributed by atoms with Gasteiger partial charge in [-0.3, -0.25) is 4.90 Å². The number of rotatable bonds is 5. The lowest BCUT2D eigenvalue weighted by Crippen LogP contribution is -2.48. The van der Waals surface area contributed by atoms with Crippen LogP contribution < -0.4 is 0 Å². The van der Waals surface area contributed by atoms with Crippen LogP contribution in [0.15, 0.2) is 33.6 Å². The molecule has 0 saturated carbocycles. The standard InChI is InChI=1S/C19H28N4O3S/c1-5-17-20-21-18(26-17)14-22-10-12-23(13-11-22)27(24,25)16-8-6-15(7-9-16)19(2,3)4/h6-9H,5,10-14H2,1-4H3. The van der Waals surface area contributed by atoms with Crippen LogP contribution in [-0.2, 0) is 28.4 Å². The molecule has 1 saturated heterocycles. The van der Waals surface area contributed by atoms with Gasteiger partial charge in [0, 0.05) is 32.6 Å². The molecule has 0 amide bonds. The van der Waals surface area contributed by atoms with E-state index in [9.17, 15) is 8.42 Å². The summed E-state index contributed by atoms with van der Waals surface area (Å²) in [7, 11) is -3.47. The molecular weight excluding hydrogens is 364 g/mol. The van der Waals surface area contributed by atoms with Gasteiger partial charge in [-0.15, -0.1) is 10.2 Å². The van der Waals surface area contributed by atoms with Gasteiger partial charge in [0.05, 0.1) is 11.4 Å². The summed E-state index contributed by atoms with van der Waals surface area (Å²) in [6.07, 6.45) is 0.715. The molecular formula is C19H28N4O3S. The molecule has 8 heteroatoms. The lowest BCUT2D eigenvalue weighted by molar-refractivity contribution is 0.167. The normalized spacial score (nSPS) is 17.3. The average molecular weight is 393 g/mol. The summed E-state index contributed by atoms with van der Waals surface area (Å²) >= 11 is 0. The van der Waals surface area contributed by atoms with Crippen LogP contribution in [0.3, 0.4) is 0 Å². The fourth-order valence-corrected chi connectivity index (χ4v) is 4.51. The Hall–Kier alpha value is -1.77. The van der Waals surface area contributed by atoms with Crippen molar-refractivity contribution in [1.82, 2.24) is 19.4 Å². The number of aromatic nitrogens is 2. The van der Waals surface area contributed by atoms with Crippen molar-refractivity contribution >= 4 is 10.0 Å². The SMILES string of the molecule is CCc1nnc(CN2CCN(S(=O)(=O)c3ccc(C(C)(C)C)cc3)CC2)o1. The molecule has 0 bridgehead atoms. The molecule has 0 unspecified atom stereocenters. The predicted molar refractivity (Wildman–Crippen MR) is 103 cm³/mol. The Morgan fingerprint density at radius 2 is 1.59 bits per heavy atom. The van der Waals surface area contributed by atoms with E-state index in [-0.39, 0.29) is 5.41 Å². The molecule has 2 aromatic rings. The minimum absolute atomic E-state index is 0.000300. The third kappa shape index (κ3) is 4.56. The Kier molecular flexibility index (Phi) is 5.69. The first-order valence-corrected chi connectivity index (χ1v) is 10.8. The summed E-state index contributed by atoms with van der Waals surface area (Å²) < 4.78 is 32.9. The smallest absolute Gasteiger partial charge is 0.243 e. The molecule has 0 N–H and O–H groups in total. The van der Waals surface area contributed by atoms with Gasteiger partial charge < -0.3 is 4.42 Å². The largest absolute Gasteiger partial charge is 0.424 e. The van der Waals surface area contributed by atoms with Crippen molar-refractivity contribution in [2.24, 2.45) is 0 Å². The van der Waals surface area contributed by atoms with Gasteiger partial charge in [0.15, 0.2) is 0 Å². The van der Waals surface area contributed by atoms with E-state index in [1.54, 1.807) is 16.4 Å². The number of sulfonamides is 1. The van der Waals surface area contributed by atoms with Crippen molar-refractivity contribution in [3.8, 4) is 0 Å². The van der Waals surface area contributed by atoms with Gasteiger partial charge in [0.2, 0.25) is 21.8 Å². The Bertz CT molecular complexity index is 861. The summed E-state index contributed by atoms with van der Waals surface area (Å²) in [4.78, 5) is 2.50. The van der Waals surface area contributed by atoms with Crippen LogP contribution in [0.2, 0.25) is 0 Å². The van der Waals surface area contributed by atoms with Crippen LogP contribution in [-0.4, -0.2) is 54.0 Å². The summed E-state index contributed by atoms with van der Waals surface area (Å²) in [6, 6.07) is 7.24. The molecule has 148 valence electrons. The Labute approximate surface area is 161 Å². The van der Waals surface area contributed by atoms with E-state index >= 15 is 0 Å². The van der Waals surface area contributed by atoms with Crippen LogP contribution in [0, 0.1) is 0 Å². The lowest BCUT2D eigenvalue weighted by Gasteiger charge is -2.33. The second kappa shape index (κ2) is 7.69. The predicted octanol–water partition coefficient (Wildman–Crippen LogP) is 2.44. The number of hydrogen-bond acceptors (Lipinski definition) is 6. The molecule has 1 aliphatic heterocycles. The third-order valence-corrected chi connectivity index (χ3v) is 6.77. The molecule has 1 aromatic carbocycles. The van der Waals surface area contributed by atoms with Gasteiger partial charge in [0.1, 0.15) is 0 Å². The van der Waals surface area contributed by atoms with Gasteiger partial charge >= 0.3 is 0 Å². The molecule has 1 aliphatic rings. The van der Waals surface area contributed by atoms with Crippen molar-refractivity contribution in [1.29, 1.82) is 0 Å². The van der Waals surface area contributed by atoms with Crippen molar-refractivity contribution in [3.05, 3.63) is 41.6 Å². The monoisotopic (exact) mass is 392 g/mol. The van der Waals surface area contributed by atoms with Gasteiger partial charge in [-0.2, -0.15) is 4.31 Å². The fraction of sp³-hybridized carbons (Fsp3) is 0.579. The second-order valence-corrected chi connectivity index (χ2v) is 9.84. The second-order valence-electron chi connectivity index (χ2n) is 7.90. The van der Waals surface area contributed by atoms with E-state index in [2.05, 4.69) is 35.9 Å². The zero-order chi connectivity index (χ0) is 19.7. The molecule has 0 spiro atoms. The molecule has 2 heterocycles. The summed E-state index contributed by atoms with van der Waals surface area (Å²) in [6.45, 7) is 11.1. The lowest BCUT2D eigenvalue weighted by atomic mass is 9.87. The molecule has 0 atom stereocenters. The number of benzene rings is 1. The van der Waals surface area contributed by atoms with Gasteiger partial charge in [-0.1, -0.05) is 39.8 Å². The zero-order valence-electron chi connectivity index (χ0n) is 16.5. The van der Waals surface area contributed by atoms with Crippen LogP contribution in [0.4, 0.5) is 0 Å². The molecule has 0 aliphatic carbocycles. The fourth-order valence-electron chi connectivity index (χ4n) is 3.09. The average Bonchev–Trinajstić information content (AvgIpc) is 3.09. The first-order chi connectivity index (χ1) is 12.7. The van der Waals surface area contributed by atoms with E-state index in [4.69, 9.17) is 4.42 Å². The summed E-state index contributed by atoms with van der Waals surface area (Å²) in [5, 5.41) is 8.00. The van der Waals surface area contributed by atoms with Crippen molar-refractivity contribution < 1.29 is 12.8 Å². The number of aryl methyl sites for hydroxylation is 1. The highest BCUT2D eigenvalue weighted by Crippen LogP contribution is 2.25. The Morgan fingerprint density at radius 3 is 2.11 bits per heavy atom. The minimum atomic E-state index is -3.47. The first-order valence-electron chi connectivity index (χ1n) is 9.34. The summed E-state index contributed by atoms with van der Waals surface area (Å²) in [5.74, 6) is 1.21. The maximum absolute atomic E-state index is 12.9. The third-order valence-electron chi connectivity index (χ3n) is 4.86. The first kappa shape index (κ1) is 20.0.